The molecule has 0 bridgehead atoms. The van der Waals surface area contributed by atoms with Crippen molar-refractivity contribution < 1.29 is 0 Å². The Kier molecular flexibility index (Phi) is 4.47. The molecule has 17 heavy (non-hydrogen) atoms. The van der Waals surface area contributed by atoms with Gasteiger partial charge in [0.25, 0.3) is 0 Å². The summed E-state index contributed by atoms with van der Waals surface area (Å²) in [5.74, 6) is 0. The lowest BCUT2D eigenvalue weighted by molar-refractivity contribution is 0.596. The molecule has 2 rings (SSSR count). The van der Waals surface area contributed by atoms with Crippen molar-refractivity contribution in [2.24, 2.45) is 0 Å². The first-order chi connectivity index (χ1) is 8.29. The van der Waals surface area contributed by atoms with Crippen LogP contribution >= 0.6 is 23.3 Å². The van der Waals surface area contributed by atoms with Crippen LogP contribution in [0.15, 0.2) is 34.0 Å². The van der Waals surface area contributed by atoms with E-state index in [0.29, 0.717) is 6.04 Å². The second-order valence-corrected chi connectivity index (χ2v) is 5.56. The monoisotopic (exact) mass is 266 g/mol. The second kappa shape index (κ2) is 6.09. The van der Waals surface area contributed by atoms with E-state index in [0.717, 1.165) is 15.9 Å². The van der Waals surface area contributed by atoms with Crippen LogP contribution in [-0.4, -0.2) is 20.9 Å². The van der Waals surface area contributed by atoms with E-state index in [2.05, 4.69) is 39.6 Å². The van der Waals surface area contributed by atoms with Crippen LogP contribution in [0, 0.1) is 0 Å². The van der Waals surface area contributed by atoms with Crippen molar-refractivity contribution in [3.63, 3.8) is 0 Å². The van der Waals surface area contributed by atoms with Crippen LogP contribution in [0.2, 0.25) is 0 Å². The Morgan fingerprint density at radius 3 is 3.06 bits per heavy atom. The average molecular weight is 266 g/mol. The molecule has 90 valence electrons. The number of aromatic nitrogens is 3. The standard InChI is InChI=1S/C11H14N4S2/c1-3-12-8(2)9-4-5-13-10(6-9)16-11-14-7-15-17-11/h4-8,12H,3H2,1-2H3. The van der Waals surface area contributed by atoms with Crippen LogP contribution < -0.4 is 5.32 Å². The topological polar surface area (TPSA) is 50.7 Å². The lowest BCUT2D eigenvalue weighted by atomic mass is 10.1. The minimum Gasteiger partial charge on any atom is -0.310 e. The van der Waals surface area contributed by atoms with E-state index in [1.807, 2.05) is 12.3 Å². The van der Waals surface area contributed by atoms with Crippen molar-refractivity contribution in [1.82, 2.24) is 19.7 Å². The van der Waals surface area contributed by atoms with Crippen molar-refractivity contribution in [1.29, 1.82) is 0 Å². The number of hydrogen-bond acceptors (Lipinski definition) is 6. The minimum atomic E-state index is 0.344. The molecule has 0 radical (unpaired) electrons. The van der Waals surface area contributed by atoms with Crippen LogP contribution in [-0.2, 0) is 0 Å². The maximum atomic E-state index is 4.33. The van der Waals surface area contributed by atoms with E-state index in [1.165, 1.54) is 17.1 Å². The molecule has 0 aliphatic heterocycles. The molecule has 0 spiro atoms. The molecule has 0 fully saturated rings. The number of pyridine rings is 1. The summed E-state index contributed by atoms with van der Waals surface area (Å²) in [6.07, 6.45) is 3.41. The molecule has 2 heterocycles. The zero-order chi connectivity index (χ0) is 12.1. The number of nitrogens with one attached hydrogen (secondary N) is 1. The quantitative estimate of drug-likeness (QED) is 0.902. The van der Waals surface area contributed by atoms with E-state index in [9.17, 15) is 0 Å². The van der Waals surface area contributed by atoms with Gasteiger partial charge < -0.3 is 5.32 Å². The summed E-state index contributed by atoms with van der Waals surface area (Å²) < 4.78 is 4.90. The molecule has 0 saturated heterocycles. The van der Waals surface area contributed by atoms with Gasteiger partial charge in [0.15, 0.2) is 4.34 Å². The summed E-state index contributed by atoms with van der Waals surface area (Å²) in [6, 6.07) is 4.48. The van der Waals surface area contributed by atoms with Crippen molar-refractivity contribution in [3.05, 3.63) is 30.2 Å². The van der Waals surface area contributed by atoms with Crippen molar-refractivity contribution in [2.75, 3.05) is 6.54 Å². The Morgan fingerprint density at radius 1 is 1.47 bits per heavy atom. The van der Waals surface area contributed by atoms with Gasteiger partial charge in [-0.15, -0.1) is 0 Å². The third kappa shape index (κ3) is 3.49. The highest BCUT2D eigenvalue weighted by molar-refractivity contribution is 8.00. The highest BCUT2D eigenvalue weighted by Gasteiger charge is 2.07. The fraction of sp³-hybridized carbons (Fsp3) is 0.364. The first kappa shape index (κ1) is 12.5. The lowest BCUT2D eigenvalue weighted by Gasteiger charge is -2.12. The third-order valence-corrected chi connectivity index (χ3v) is 3.95. The van der Waals surface area contributed by atoms with E-state index >= 15 is 0 Å². The molecule has 0 aliphatic carbocycles. The molecule has 0 amide bonds. The van der Waals surface area contributed by atoms with E-state index in [1.54, 1.807) is 18.1 Å². The largest absolute Gasteiger partial charge is 0.310 e. The third-order valence-electron chi connectivity index (χ3n) is 2.30. The molecular weight excluding hydrogens is 252 g/mol. The Labute approximate surface area is 109 Å². The van der Waals surface area contributed by atoms with Gasteiger partial charge in [-0.3, -0.25) is 0 Å². The Hall–Kier alpha value is -0.980. The predicted molar refractivity (Wildman–Crippen MR) is 70.4 cm³/mol. The van der Waals surface area contributed by atoms with Crippen LogP contribution in [0.1, 0.15) is 25.5 Å². The molecular formula is C11H14N4S2. The van der Waals surface area contributed by atoms with Gasteiger partial charge in [-0.05, 0) is 54.5 Å². The van der Waals surface area contributed by atoms with Crippen molar-refractivity contribution in [2.45, 2.75) is 29.3 Å². The second-order valence-electron chi connectivity index (χ2n) is 3.52. The van der Waals surface area contributed by atoms with Gasteiger partial charge in [0.2, 0.25) is 0 Å². The maximum absolute atomic E-state index is 4.33. The van der Waals surface area contributed by atoms with E-state index in [4.69, 9.17) is 0 Å². The molecule has 6 heteroatoms. The molecule has 1 atom stereocenters. The molecule has 4 nitrogen and oxygen atoms in total. The summed E-state index contributed by atoms with van der Waals surface area (Å²) in [4.78, 5) is 8.47. The molecule has 0 aromatic carbocycles. The van der Waals surface area contributed by atoms with E-state index < -0.39 is 0 Å². The molecule has 2 aromatic heterocycles. The number of hydrogen-bond donors (Lipinski definition) is 1. The maximum Gasteiger partial charge on any atom is 0.175 e. The Balaban J connectivity index is 2.11. The number of nitrogens with zero attached hydrogens (tertiary/aromatic N) is 3. The fourth-order valence-corrected chi connectivity index (χ4v) is 2.87. The van der Waals surface area contributed by atoms with Crippen LogP contribution in [0.25, 0.3) is 0 Å². The molecule has 0 aliphatic rings. The van der Waals surface area contributed by atoms with Gasteiger partial charge in [0.1, 0.15) is 11.4 Å². The lowest BCUT2D eigenvalue weighted by Crippen LogP contribution is -2.17. The molecule has 1 unspecified atom stereocenters. The number of rotatable bonds is 5. The zero-order valence-electron chi connectivity index (χ0n) is 9.75. The minimum absolute atomic E-state index is 0.344. The van der Waals surface area contributed by atoms with Gasteiger partial charge in [-0.1, -0.05) is 6.92 Å². The Morgan fingerprint density at radius 2 is 2.35 bits per heavy atom. The summed E-state index contributed by atoms with van der Waals surface area (Å²) in [5.41, 5.74) is 1.24. The highest BCUT2D eigenvalue weighted by atomic mass is 32.2. The van der Waals surface area contributed by atoms with Gasteiger partial charge in [-0.2, -0.15) is 4.37 Å². The summed E-state index contributed by atoms with van der Waals surface area (Å²) >= 11 is 2.94. The first-order valence-corrected chi connectivity index (χ1v) is 7.02. The van der Waals surface area contributed by atoms with Crippen molar-refractivity contribution in [3.8, 4) is 0 Å². The van der Waals surface area contributed by atoms with Gasteiger partial charge in [0, 0.05) is 12.2 Å². The van der Waals surface area contributed by atoms with Crippen LogP contribution in [0.3, 0.4) is 0 Å². The first-order valence-electron chi connectivity index (χ1n) is 5.43. The average Bonchev–Trinajstić information content (AvgIpc) is 2.82. The predicted octanol–water partition coefficient (Wildman–Crippen LogP) is 2.75. The summed E-state index contributed by atoms with van der Waals surface area (Å²) in [7, 11) is 0. The SMILES string of the molecule is CCNC(C)c1ccnc(Sc2ncns2)c1. The fourth-order valence-electron chi connectivity index (χ4n) is 1.47. The van der Waals surface area contributed by atoms with Gasteiger partial charge in [0.05, 0.1) is 0 Å². The summed E-state index contributed by atoms with van der Waals surface area (Å²) in [6.45, 7) is 5.22. The van der Waals surface area contributed by atoms with Crippen LogP contribution in [0.4, 0.5) is 0 Å². The van der Waals surface area contributed by atoms with Gasteiger partial charge >= 0.3 is 0 Å². The van der Waals surface area contributed by atoms with E-state index in [-0.39, 0.29) is 0 Å². The normalized spacial score (nSPS) is 12.6. The molecule has 2 aromatic rings. The smallest absolute Gasteiger partial charge is 0.175 e. The zero-order valence-corrected chi connectivity index (χ0v) is 11.4. The molecule has 0 saturated carbocycles. The Bertz CT molecular complexity index is 458. The molecule has 1 N–H and O–H groups in total. The highest BCUT2D eigenvalue weighted by Crippen LogP contribution is 2.27. The van der Waals surface area contributed by atoms with Crippen LogP contribution in [0.5, 0.6) is 0 Å². The van der Waals surface area contributed by atoms with Gasteiger partial charge in [-0.25, -0.2) is 9.97 Å². The van der Waals surface area contributed by atoms with Crippen molar-refractivity contribution >= 4 is 23.3 Å². The summed E-state index contributed by atoms with van der Waals surface area (Å²) in [5, 5.41) is 4.35.